The summed E-state index contributed by atoms with van der Waals surface area (Å²) < 4.78 is 5.55. The van der Waals surface area contributed by atoms with Crippen molar-refractivity contribution in [1.29, 1.82) is 0 Å². The Balaban J connectivity index is 1.65. The normalized spacial score (nSPS) is 11.8. The van der Waals surface area contributed by atoms with Crippen LogP contribution in [0.4, 0.5) is 0 Å². The third-order valence-electron chi connectivity index (χ3n) is 6.75. The maximum Gasteiger partial charge on any atom is 0.126 e. The highest BCUT2D eigenvalue weighted by molar-refractivity contribution is 5.91. The van der Waals surface area contributed by atoms with E-state index in [-0.39, 0.29) is 13.2 Å². The first-order valence-electron chi connectivity index (χ1n) is 11.8. The molecule has 4 nitrogen and oxygen atoms in total. The molecule has 0 aliphatic carbocycles. The molecule has 4 aromatic carbocycles. The standard InChI is InChI=1S/C30H33NO3/c1-34-29-17-16-26(27-14-8-9-15-28(27)29)18-19-30(22-32,23-33)31(20-24-10-4-2-5-11-24)21-25-12-6-3-7-13-25/h2-17,32-33H,18-23H2,1H3. The van der Waals surface area contributed by atoms with Crippen molar-refractivity contribution in [3.63, 3.8) is 0 Å². The molecule has 0 fully saturated rings. The van der Waals surface area contributed by atoms with E-state index in [1.807, 2.05) is 54.6 Å². The highest BCUT2D eigenvalue weighted by Gasteiger charge is 2.36. The number of nitrogens with zero attached hydrogens (tertiary/aromatic N) is 1. The number of aliphatic hydroxyl groups is 2. The van der Waals surface area contributed by atoms with E-state index in [1.165, 1.54) is 5.56 Å². The quantitative estimate of drug-likeness (QED) is 0.326. The molecule has 0 aromatic heterocycles. The number of methoxy groups -OCH3 is 1. The van der Waals surface area contributed by atoms with Crippen molar-refractivity contribution in [1.82, 2.24) is 4.90 Å². The van der Waals surface area contributed by atoms with Crippen molar-refractivity contribution in [3.05, 3.63) is 114 Å². The zero-order valence-electron chi connectivity index (χ0n) is 19.7. The molecule has 0 aliphatic rings. The van der Waals surface area contributed by atoms with Gasteiger partial charge >= 0.3 is 0 Å². The van der Waals surface area contributed by atoms with Gasteiger partial charge in [0, 0.05) is 18.5 Å². The Kier molecular flexibility index (Phi) is 7.96. The van der Waals surface area contributed by atoms with Gasteiger partial charge in [0.25, 0.3) is 0 Å². The van der Waals surface area contributed by atoms with Gasteiger partial charge in [-0.3, -0.25) is 4.90 Å². The zero-order chi connectivity index (χ0) is 23.8. The van der Waals surface area contributed by atoms with Crippen molar-refractivity contribution >= 4 is 10.8 Å². The van der Waals surface area contributed by atoms with Crippen LogP contribution in [0.3, 0.4) is 0 Å². The second kappa shape index (κ2) is 11.3. The first-order chi connectivity index (χ1) is 16.7. The minimum atomic E-state index is -0.771. The van der Waals surface area contributed by atoms with Crippen molar-refractivity contribution in [2.75, 3.05) is 20.3 Å². The summed E-state index contributed by atoms with van der Waals surface area (Å²) in [6, 6.07) is 32.8. The van der Waals surface area contributed by atoms with Gasteiger partial charge < -0.3 is 14.9 Å². The smallest absolute Gasteiger partial charge is 0.126 e. The van der Waals surface area contributed by atoms with Gasteiger partial charge in [-0.25, -0.2) is 0 Å². The molecular weight excluding hydrogens is 422 g/mol. The summed E-state index contributed by atoms with van der Waals surface area (Å²) in [4.78, 5) is 2.23. The first-order valence-corrected chi connectivity index (χ1v) is 11.8. The molecule has 0 unspecified atom stereocenters. The average molecular weight is 456 g/mol. The first kappa shape index (κ1) is 24.0. The molecule has 0 heterocycles. The molecule has 34 heavy (non-hydrogen) atoms. The lowest BCUT2D eigenvalue weighted by Gasteiger charge is -2.42. The van der Waals surface area contributed by atoms with Crippen molar-refractivity contribution in [3.8, 4) is 5.75 Å². The van der Waals surface area contributed by atoms with E-state index in [0.717, 1.165) is 34.1 Å². The summed E-state index contributed by atoms with van der Waals surface area (Å²) >= 11 is 0. The lowest BCUT2D eigenvalue weighted by molar-refractivity contribution is -0.0297. The third kappa shape index (κ3) is 5.31. The maximum absolute atomic E-state index is 10.7. The molecule has 2 N–H and O–H groups in total. The highest BCUT2D eigenvalue weighted by atomic mass is 16.5. The number of benzene rings is 4. The monoisotopic (exact) mass is 455 g/mol. The number of aryl methyl sites for hydroxylation is 1. The third-order valence-corrected chi connectivity index (χ3v) is 6.75. The Morgan fingerprint density at radius 2 is 1.21 bits per heavy atom. The van der Waals surface area contributed by atoms with Gasteiger partial charge in [-0.05, 0) is 41.0 Å². The molecule has 4 rings (SSSR count). The van der Waals surface area contributed by atoms with Crippen LogP contribution in [-0.4, -0.2) is 41.0 Å². The Hall–Kier alpha value is -3.18. The molecule has 4 aromatic rings. The molecule has 0 radical (unpaired) electrons. The van der Waals surface area contributed by atoms with Gasteiger partial charge in [0.15, 0.2) is 0 Å². The molecule has 0 amide bonds. The number of hydrogen-bond donors (Lipinski definition) is 2. The van der Waals surface area contributed by atoms with Crippen molar-refractivity contribution in [2.45, 2.75) is 31.5 Å². The molecule has 0 spiro atoms. The second-order valence-electron chi connectivity index (χ2n) is 8.84. The molecule has 0 aliphatic heterocycles. The van der Waals surface area contributed by atoms with Crippen LogP contribution in [0.25, 0.3) is 10.8 Å². The summed E-state index contributed by atoms with van der Waals surface area (Å²) in [5, 5.41) is 23.5. The maximum atomic E-state index is 10.7. The zero-order valence-corrected chi connectivity index (χ0v) is 19.7. The molecule has 176 valence electrons. The number of fused-ring (bicyclic) bond motifs is 1. The summed E-state index contributed by atoms with van der Waals surface area (Å²) in [5.74, 6) is 0.852. The summed E-state index contributed by atoms with van der Waals surface area (Å²) in [6.07, 6.45) is 1.35. The van der Waals surface area contributed by atoms with Gasteiger partial charge in [-0.15, -0.1) is 0 Å². The Morgan fingerprint density at radius 3 is 1.74 bits per heavy atom. The van der Waals surface area contributed by atoms with Gasteiger partial charge in [0.2, 0.25) is 0 Å². The van der Waals surface area contributed by atoms with Crippen LogP contribution < -0.4 is 4.74 Å². The number of rotatable bonds is 11. The highest BCUT2D eigenvalue weighted by Crippen LogP contribution is 2.32. The van der Waals surface area contributed by atoms with E-state index >= 15 is 0 Å². The van der Waals surface area contributed by atoms with Gasteiger partial charge in [-0.1, -0.05) is 91.0 Å². The minimum absolute atomic E-state index is 0.128. The van der Waals surface area contributed by atoms with Crippen LogP contribution in [0.2, 0.25) is 0 Å². The summed E-state index contributed by atoms with van der Waals surface area (Å²) in [5.41, 5.74) is 2.72. The van der Waals surface area contributed by atoms with E-state index in [2.05, 4.69) is 47.4 Å². The van der Waals surface area contributed by atoms with E-state index < -0.39 is 5.54 Å². The van der Waals surface area contributed by atoms with Crippen LogP contribution in [0.15, 0.2) is 97.1 Å². The van der Waals surface area contributed by atoms with Gasteiger partial charge in [0.1, 0.15) is 5.75 Å². The largest absolute Gasteiger partial charge is 0.496 e. The van der Waals surface area contributed by atoms with Gasteiger partial charge in [0.05, 0.1) is 25.9 Å². The Labute approximate surface area is 202 Å². The summed E-state index contributed by atoms with van der Waals surface area (Å²) in [6.45, 7) is 1.02. The van der Waals surface area contributed by atoms with Crippen molar-refractivity contribution in [2.24, 2.45) is 0 Å². The molecule has 0 saturated carbocycles. The van der Waals surface area contributed by atoms with E-state index in [0.29, 0.717) is 19.5 Å². The van der Waals surface area contributed by atoms with Crippen LogP contribution >= 0.6 is 0 Å². The minimum Gasteiger partial charge on any atom is -0.496 e. The predicted octanol–water partition coefficient (Wildman–Crippen LogP) is 5.21. The fourth-order valence-electron chi connectivity index (χ4n) is 4.66. The number of aliphatic hydroxyl groups excluding tert-OH is 2. The van der Waals surface area contributed by atoms with Crippen LogP contribution in [0.1, 0.15) is 23.1 Å². The lowest BCUT2D eigenvalue weighted by Crippen LogP contribution is -2.54. The average Bonchev–Trinajstić information content (AvgIpc) is 2.90. The topological polar surface area (TPSA) is 52.9 Å². The van der Waals surface area contributed by atoms with Crippen LogP contribution in [-0.2, 0) is 19.5 Å². The SMILES string of the molecule is COc1ccc(CCC(CO)(CO)N(Cc2ccccc2)Cc2ccccc2)c2ccccc12. The summed E-state index contributed by atoms with van der Waals surface area (Å²) in [7, 11) is 1.69. The fourth-order valence-corrected chi connectivity index (χ4v) is 4.66. The van der Waals surface area contributed by atoms with Crippen LogP contribution in [0, 0.1) is 0 Å². The Morgan fingerprint density at radius 1 is 0.676 bits per heavy atom. The molecule has 0 atom stereocenters. The second-order valence-corrected chi connectivity index (χ2v) is 8.84. The van der Waals surface area contributed by atoms with Crippen molar-refractivity contribution < 1.29 is 14.9 Å². The molecule has 0 bridgehead atoms. The van der Waals surface area contributed by atoms with Gasteiger partial charge in [-0.2, -0.15) is 0 Å². The van der Waals surface area contributed by atoms with Crippen LogP contribution in [0.5, 0.6) is 5.75 Å². The Bertz CT molecular complexity index is 1130. The number of hydrogen-bond acceptors (Lipinski definition) is 4. The molecule has 0 saturated heterocycles. The van der Waals surface area contributed by atoms with E-state index in [4.69, 9.17) is 4.74 Å². The fraction of sp³-hybridized carbons (Fsp3) is 0.267. The van der Waals surface area contributed by atoms with E-state index in [1.54, 1.807) is 7.11 Å². The number of ether oxygens (including phenoxy) is 1. The predicted molar refractivity (Wildman–Crippen MR) is 138 cm³/mol. The lowest BCUT2D eigenvalue weighted by atomic mass is 9.88. The molecular formula is C30H33NO3. The van der Waals surface area contributed by atoms with E-state index in [9.17, 15) is 10.2 Å². The molecule has 4 heteroatoms.